The van der Waals surface area contributed by atoms with Crippen molar-refractivity contribution in [2.45, 2.75) is 6.92 Å². The van der Waals surface area contributed by atoms with Gasteiger partial charge in [0.15, 0.2) is 0 Å². The molecular formula is C13H15NO4. The Morgan fingerprint density at radius 2 is 2.17 bits per heavy atom. The zero-order valence-corrected chi connectivity index (χ0v) is 10.3. The van der Waals surface area contributed by atoms with Crippen LogP contribution in [-0.4, -0.2) is 30.7 Å². The van der Waals surface area contributed by atoms with Crippen molar-refractivity contribution in [1.29, 1.82) is 0 Å². The van der Waals surface area contributed by atoms with Crippen molar-refractivity contribution < 1.29 is 19.4 Å². The van der Waals surface area contributed by atoms with E-state index in [1.165, 1.54) is 13.2 Å². The first-order valence-corrected chi connectivity index (χ1v) is 5.33. The third-order valence-electron chi connectivity index (χ3n) is 2.23. The minimum Gasteiger partial charge on any atom is -0.478 e. The van der Waals surface area contributed by atoms with Gasteiger partial charge in [-0.05, 0) is 36.3 Å². The van der Waals surface area contributed by atoms with E-state index < -0.39 is 5.97 Å². The van der Waals surface area contributed by atoms with Gasteiger partial charge in [-0.15, -0.1) is 0 Å². The molecule has 1 amide bonds. The van der Waals surface area contributed by atoms with Crippen molar-refractivity contribution in [1.82, 2.24) is 0 Å². The van der Waals surface area contributed by atoms with Crippen molar-refractivity contribution in [2.24, 2.45) is 0 Å². The highest BCUT2D eigenvalue weighted by Crippen LogP contribution is 2.16. The van der Waals surface area contributed by atoms with E-state index in [0.717, 1.165) is 17.2 Å². The summed E-state index contributed by atoms with van der Waals surface area (Å²) in [4.78, 5) is 21.7. The molecule has 0 aliphatic heterocycles. The maximum atomic E-state index is 11.3. The zero-order valence-electron chi connectivity index (χ0n) is 10.3. The molecule has 0 fully saturated rings. The molecule has 1 rings (SSSR count). The van der Waals surface area contributed by atoms with Gasteiger partial charge in [0.2, 0.25) is 5.91 Å². The molecule has 0 saturated carbocycles. The molecular weight excluding hydrogens is 234 g/mol. The Labute approximate surface area is 105 Å². The van der Waals surface area contributed by atoms with Gasteiger partial charge in [-0.3, -0.25) is 4.79 Å². The second kappa shape index (κ2) is 6.56. The van der Waals surface area contributed by atoms with Crippen LogP contribution in [0.5, 0.6) is 0 Å². The van der Waals surface area contributed by atoms with Crippen LogP contribution in [-0.2, 0) is 14.3 Å². The predicted octanol–water partition coefficient (Wildman–Crippen LogP) is 1.68. The van der Waals surface area contributed by atoms with Gasteiger partial charge in [0.1, 0.15) is 6.61 Å². The molecule has 0 spiro atoms. The van der Waals surface area contributed by atoms with Gasteiger partial charge >= 0.3 is 5.97 Å². The molecule has 5 heteroatoms. The lowest BCUT2D eigenvalue weighted by molar-refractivity contribution is -0.131. The summed E-state index contributed by atoms with van der Waals surface area (Å²) >= 11 is 0. The Morgan fingerprint density at radius 3 is 2.72 bits per heavy atom. The van der Waals surface area contributed by atoms with Crippen molar-refractivity contribution in [2.75, 3.05) is 19.0 Å². The summed E-state index contributed by atoms with van der Waals surface area (Å²) in [6.07, 6.45) is 2.59. The van der Waals surface area contributed by atoms with Crippen LogP contribution in [0.2, 0.25) is 0 Å². The highest BCUT2D eigenvalue weighted by atomic mass is 16.5. The summed E-state index contributed by atoms with van der Waals surface area (Å²) in [6.45, 7) is 1.84. The van der Waals surface area contributed by atoms with Crippen LogP contribution >= 0.6 is 0 Å². The smallest absolute Gasteiger partial charge is 0.328 e. The maximum Gasteiger partial charge on any atom is 0.328 e. The van der Waals surface area contributed by atoms with Gasteiger partial charge in [-0.1, -0.05) is 6.07 Å². The van der Waals surface area contributed by atoms with Crippen LogP contribution in [0.15, 0.2) is 24.3 Å². The molecule has 0 unspecified atom stereocenters. The van der Waals surface area contributed by atoms with E-state index in [4.69, 9.17) is 9.84 Å². The lowest BCUT2D eigenvalue weighted by Crippen LogP contribution is -2.17. The highest BCUT2D eigenvalue weighted by Gasteiger charge is 2.03. The van der Waals surface area contributed by atoms with Crippen LogP contribution in [0.1, 0.15) is 11.1 Å². The molecule has 0 bridgehead atoms. The number of rotatable bonds is 5. The second-order valence-electron chi connectivity index (χ2n) is 3.72. The van der Waals surface area contributed by atoms with E-state index in [0.29, 0.717) is 5.69 Å². The first-order chi connectivity index (χ1) is 8.52. The number of aryl methyl sites for hydroxylation is 1. The molecule has 2 N–H and O–H groups in total. The normalized spacial score (nSPS) is 10.6. The summed E-state index contributed by atoms with van der Waals surface area (Å²) in [5.41, 5.74) is 2.33. The van der Waals surface area contributed by atoms with Crippen LogP contribution in [0.25, 0.3) is 6.08 Å². The molecule has 0 atom stereocenters. The van der Waals surface area contributed by atoms with Gasteiger partial charge in [-0.25, -0.2) is 4.79 Å². The van der Waals surface area contributed by atoms with Gasteiger partial charge in [0, 0.05) is 18.9 Å². The van der Waals surface area contributed by atoms with Gasteiger partial charge in [0.05, 0.1) is 0 Å². The quantitative estimate of drug-likeness (QED) is 0.778. The SMILES string of the molecule is COCC(=O)Nc1ccc(/C=C/C(=O)O)c(C)c1. The lowest BCUT2D eigenvalue weighted by atomic mass is 10.1. The van der Waals surface area contributed by atoms with Gasteiger partial charge < -0.3 is 15.2 Å². The number of methoxy groups -OCH3 is 1. The van der Waals surface area contributed by atoms with Gasteiger partial charge in [-0.2, -0.15) is 0 Å². The fourth-order valence-corrected chi connectivity index (χ4v) is 1.43. The number of anilines is 1. The van der Waals surface area contributed by atoms with Crippen molar-refractivity contribution in [3.63, 3.8) is 0 Å². The third kappa shape index (κ3) is 4.39. The predicted molar refractivity (Wildman–Crippen MR) is 68.4 cm³/mol. The Kier molecular flexibility index (Phi) is 5.07. The minimum absolute atomic E-state index is 0.000282. The number of carboxylic acids is 1. The van der Waals surface area contributed by atoms with Gasteiger partial charge in [0.25, 0.3) is 0 Å². The number of carboxylic acid groups (broad SMARTS) is 1. The average Bonchev–Trinajstić information content (AvgIpc) is 2.28. The summed E-state index contributed by atoms with van der Waals surface area (Å²) in [6, 6.07) is 5.23. The van der Waals surface area contributed by atoms with E-state index in [9.17, 15) is 9.59 Å². The number of hydrogen-bond donors (Lipinski definition) is 2. The van der Waals surface area contributed by atoms with Crippen LogP contribution in [0, 0.1) is 6.92 Å². The molecule has 0 aliphatic carbocycles. The molecule has 0 radical (unpaired) electrons. The lowest BCUT2D eigenvalue weighted by Gasteiger charge is -2.07. The highest BCUT2D eigenvalue weighted by molar-refractivity contribution is 5.92. The fourth-order valence-electron chi connectivity index (χ4n) is 1.43. The first-order valence-electron chi connectivity index (χ1n) is 5.33. The molecule has 96 valence electrons. The number of carbonyl (C=O) groups is 2. The number of hydrogen-bond acceptors (Lipinski definition) is 3. The molecule has 18 heavy (non-hydrogen) atoms. The van der Waals surface area contributed by atoms with Crippen molar-refractivity contribution in [3.8, 4) is 0 Å². The van der Waals surface area contributed by atoms with Crippen LogP contribution in [0.4, 0.5) is 5.69 Å². The van der Waals surface area contributed by atoms with E-state index in [2.05, 4.69) is 5.32 Å². The number of amides is 1. The zero-order chi connectivity index (χ0) is 13.5. The van der Waals surface area contributed by atoms with Crippen LogP contribution in [0.3, 0.4) is 0 Å². The molecule has 5 nitrogen and oxygen atoms in total. The Hall–Kier alpha value is -2.14. The van der Waals surface area contributed by atoms with Crippen molar-refractivity contribution in [3.05, 3.63) is 35.4 Å². The maximum absolute atomic E-state index is 11.3. The molecule has 0 aromatic heterocycles. The van der Waals surface area contributed by atoms with E-state index in [1.807, 2.05) is 6.92 Å². The third-order valence-corrected chi connectivity index (χ3v) is 2.23. The minimum atomic E-state index is -0.994. The number of nitrogens with one attached hydrogen (secondary N) is 1. The summed E-state index contributed by atoms with van der Waals surface area (Å²) in [5, 5.41) is 11.2. The first kappa shape index (κ1) is 13.9. The second-order valence-corrected chi connectivity index (χ2v) is 3.72. The standard InChI is InChI=1S/C13H15NO4/c1-9-7-11(14-12(15)8-18-2)5-3-10(9)4-6-13(16)17/h3-7H,8H2,1-2H3,(H,14,15)(H,16,17)/b6-4+. The largest absolute Gasteiger partial charge is 0.478 e. The molecule has 1 aromatic carbocycles. The fraction of sp³-hybridized carbons (Fsp3) is 0.231. The molecule has 0 aliphatic rings. The molecule has 0 saturated heterocycles. The number of ether oxygens (including phenoxy) is 1. The summed E-state index contributed by atoms with van der Waals surface area (Å²) in [5.74, 6) is -1.22. The molecule has 0 heterocycles. The summed E-state index contributed by atoms with van der Waals surface area (Å²) < 4.78 is 4.71. The monoisotopic (exact) mass is 249 g/mol. The number of benzene rings is 1. The topological polar surface area (TPSA) is 75.6 Å². The van der Waals surface area contributed by atoms with Crippen molar-refractivity contribution >= 4 is 23.6 Å². The average molecular weight is 249 g/mol. The number of aliphatic carboxylic acids is 1. The Bertz CT molecular complexity index is 480. The van der Waals surface area contributed by atoms with Crippen LogP contribution < -0.4 is 5.32 Å². The van der Waals surface area contributed by atoms with E-state index in [-0.39, 0.29) is 12.5 Å². The number of carbonyl (C=O) groups excluding carboxylic acids is 1. The van der Waals surface area contributed by atoms with E-state index in [1.54, 1.807) is 18.2 Å². The summed E-state index contributed by atoms with van der Waals surface area (Å²) in [7, 11) is 1.45. The Balaban J connectivity index is 2.79. The Morgan fingerprint density at radius 1 is 1.44 bits per heavy atom. The molecule has 1 aromatic rings. The van der Waals surface area contributed by atoms with E-state index >= 15 is 0 Å².